The lowest BCUT2D eigenvalue weighted by atomic mass is 10.00. The van der Waals surface area contributed by atoms with Gasteiger partial charge in [0.1, 0.15) is 0 Å². The summed E-state index contributed by atoms with van der Waals surface area (Å²) in [4.78, 5) is 2.68. The minimum Gasteiger partial charge on any atom is -0.200 e. The van der Waals surface area contributed by atoms with E-state index in [4.69, 9.17) is 0 Å². The second kappa shape index (κ2) is 11.9. The van der Waals surface area contributed by atoms with Crippen LogP contribution < -0.4 is 4.83 Å². The van der Waals surface area contributed by atoms with Crippen LogP contribution >= 0.6 is 0 Å². The summed E-state index contributed by atoms with van der Waals surface area (Å²) in [5, 5.41) is 4.30. The molecule has 1 aromatic rings. The van der Waals surface area contributed by atoms with Crippen molar-refractivity contribution in [3.05, 3.63) is 29.8 Å². The fourth-order valence-corrected chi connectivity index (χ4v) is 4.20. The van der Waals surface area contributed by atoms with Gasteiger partial charge in [-0.25, -0.2) is 4.83 Å². The third-order valence-electron chi connectivity index (χ3n) is 5.06. The van der Waals surface area contributed by atoms with Crippen LogP contribution in [0.25, 0.3) is 0 Å². The quantitative estimate of drug-likeness (QED) is 0.530. The Hall–Kier alpha value is -1.80. The van der Waals surface area contributed by atoms with E-state index in [0.717, 1.165) is 30.5 Å². The highest BCUT2D eigenvalue weighted by atomic mass is 32.2. The van der Waals surface area contributed by atoms with E-state index in [9.17, 15) is 8.42 Å². The van der Waals surface area contributed by atoms with Gasteiger partial charge in [0, 0.05) is 24.5 Å². The molecule has 2 rings (SSSR count). The molecule has 0 aliphatic heterocycles. The lowest BCUT2D eigenvalue weighted by Gasteiger charge is -2.11. The second-order valence-corrected chi connectivity index (χ2v) is 9.50. The fourth-order valence-electron chi connectivity index (χ4n) is 3.35. The SMILES string of the molecule is Cc1ccc(S(=O)(=O)N/N=C2/CCCCCCCCCCC#CC(C)C2)cc1. The molecule has 0 spiro atoms. The number of sulfonamides is 1. The Bertz CT molecular complexity index is 786. The highest BCUT2D eigenvalue weighted by Gasteiger charge is 2.14. The Morgan fingerprint density at radius 2 is 1.57 bits per heavy atom. The topological polar surface area (TPSA) is 58.5 Å². The first-order valence-corrected chi connectivity index (χ1v) is 12.1. The van der Waals surface area contributed by atoms with Gasteiger partial charge in [0.25, 0.3) is 10.0 Å². The number of benzene rings is 1. The molecule has 4 nitrogen and oxygen atoms in total. The van der Waals surface area contributed by atoms with Crippen molar-refractivity contribution < 1.29 is 8.42 Å². The summed E-state index contributed by atoms with van der Waals surface area (Å²) < 4.78 is 25.0. The van der Waals surface area contributed by atoms with Crippen LogP contribution in [-0.2, 0) is 10.0 Å². The van der Waals surface area contributed by atoms with E-state index in [0.29, 0.717) is 6.42 Å². The number of hydrogen-bond donors (Lipinski definition) is 1. The van der Waals surface area contributed by atoms with Gasteiger partial charge in [-0.05, 0) is 38.3 Å². The van der Waals surface area contributed by atoms with Crippen LogP contribution in [0.2, 0.25) is 0 Å². The van der Waals surface area contributed by atoms with E-state index < -0.39 is 10.0 Å². The second-order valence-electron chi connectivity index (χ2n) is 7.84. The maximum absolute atomic E-state index is 12.5. The van der Waals surface area contributed by atoms with Crippen LogP contribution in [0.1, 0.15) is 83.1 Å². The van der Waals surface area contributed by atoms with Crippen molar-refractivity contribution in [3.8, 4) is 11.8 Å². The third kappa shape index (κ3) is 8.48. The van der Waals surface area contributed by atoms with Crippen LogP contribution in [0.5, 0.6) is 0 Å². The van der Waals surface area contributed by atoms with Crippen molar-refractivity contribution in [2.75, 3.05) is 0 Å². The van der Waals surface area contributed by atoms with Crippen LogP contribution in [0.3, 0.4) is 0 Å². The standard InChI is InChI=1S/C23H34N2O2S/c1-20-15-17-23(18-16-20)28(26,27)25-24-22-14-12-10-8-6-4-3-5-7-9-11-13-21(2)19-22/h15-18,21,25H,3-10,12,14,19H2,1-2H3/b24-22-. The van der Waals surface area contributed by atoms with Crippen LogP contribution in [0.15, 0.2) is 34.3 Å². The van der Waals surface area contributed by atoms with Gasteiger partial charge in [-0.1, -0.05) is 69.1 Å². The third-order valence-corrected chi connectivity index (χ3v) is 6.29. The molecule has 1 aliphatic rings. The van der Waals surface area contributed by atoms with Gasteiger partial charge in [0.15, 0.2) is 0 Å². The van der Waals surface area contributed by atoms with Gasteiger partial charge < -0.3 is 0 Å². The Morgan fingerprint density at radius 3 is 2.25 bits per heavy atom. The van der Waals surface area contributed by atoms with Crippen molar-refractivity contribution in [2.24, 2.45) is 11.0 Å². The Balaban J connectivity index is 2.06. The van der Waals surface area contributed by atoms with Crippen LogP contribution in [-0.4, -0.2) is 14.1 Å². The molecule has 0 radical (unpaired) electrons. The van der Waals surface area contributed by atoms with Crippen molar-refractivity contribution in [3.63, 3.8) is 0 Å². The fraction of sp³-hybridized carbons (Fsp3) is 0.609. The number of nitrogens with zero attached hydrogens (tertiary/aromatic N) is 1. The molecule has 0 saturated carbocycles. The molecule has 5 heteroatoms. The lowest BCUT2D eigenvalue weighted by Crippen LogP contribution is -2.21. The summed E-state index contributed by atoms with van der Waals surface area (Å²) >= 11 is 0. The zero-order valence-electron chi connectivity index (χ0n) is 17.3. The zero-order chi connectivity index (χ0) is 20.2. The van der Waals surface area contributed by atoms with E-state index >= 15 is 0 Å². The average Bonchev–Trinajstić information content (AvgIpc) is 2.67. The van der Waals surface area contributed by atoms with Crippen LogP contribution in [0, 0.1) is 24.7 Å². The van der Waals surface area contributed by atoms with E-state index in [2.05, 4.69) is 28.7 Å². The molecule has 0 aromatic heterocycles. The molecule has 28 heavy (non-hydrogen) atoms. The minimum absolute atomic E-state index is 0.188. The highest BCUT2D eigenvalue weighted by Crippen LogP contribution is 2.15. The van der Waals surface area contributed by atoms with Gasteiger partial charge in [0.2, 0.25) is 0 Å². The first-order chi connectivity index (χ1) is 13.5. The molecule has 154 valence electrons. The number of hydrazone groups is 1. The van der Waals surface area contributed by atoms with Gasteiger partial charge in [-0.2, -0.15) is 13.5 Å². The van der Waals surface area contributed by atoms with Crippen molar-refractivity contribution >= 4 is 15.7 Å². The van der Waals surface area contributed by atoms with Gasteiger partial charge >= 0.3 is 0 Å². The summed E-state index contributed by atoms with van der Waals surface area (Å²) in [7, 11) is -3.63. The van der Waals surface area contributed by atoms with E-state index in [-0.39, 0.29) is 10.8 Å². The average molecular weight is 403 g/mol. The number of aryl methyl sites for hydroxylation is 1. The first kappa shape index (κ1) is 22.5. The molecule has 1 aromatic carbocycles. The predicted molar refractivity (Wildman–Crippen MR) is 117 cm³/mol. The molecule has 0 saturated heterocycles. The molecule has 0 fully saturated rings. The molecule has 1 unspecified atom stereocenters. The highest BCUT2D eigenvalue weighted by molar-refractivity contribution is 7.89. The van der Waals surface area contributed by atoms with E-state index in [1.807, 2.05) is 6.92 Å². The molecular weight excluding hydrogens is 368 g/mol. The van der Waals surface area contributed by atoms with Gasteiger partial charge in [-0.15, -0.1) is 5.92 Å². The van der Waals surface area contributed by atoms with E-state index in [1.165, 1.54) is 44.9 Å². The maximum atomic E-state index is 12.5. The number of hydrogen-bond acceptors (Lipinski definition) is 3. The Morgan fingerprint density at radius 1 is 0.964 bits per heavy atom. The Kier molecular flexibility index (Phi) is 9.57. The molecule has 0 heterocycles. The maximum Gasteiger partial charge on any atom is 0.276 e. The summed E-state index contributed by atoms with van der Waals surface area (Å²) in [6.07, 6.45) is 12.3. The smallest absolute Gasteiger partial charge is 0.200 e. The zero-order valence-corrected chi connectivity index (χ0v) is 18.2. The normalized spacial score (nSPS) is 21.8. The summed E-state index contributed by atoms with van der Waals surface area (Å²) in [5.74, 6) is 6.78. The van der Waals surface area contributed by atoms with Crippen molar-refractivity contribution in [1.82, 2.24) is 4.83 Å². The van der Waals surface area contributed by atoms with Gasteiger partial charge in [-0.3, -0.25) is 0 Å². The molecule has 1 N–H and O–H groups in total. The number of rotatable bonds is 3. The predicted octanol–water partition coefficient (Wildman–Crippen LogP) is 5.57. The molecule has 0 amide bonds. The van der Waals surface area contributed by atoms with Crippen molar-refractivity contribution in [2.45, 2.75) is 89.4 Å². The largest absolute Gasteiger partial charge is 0.276 e. The molecule has 0 bridgehead atoms. The summed E-state index contributed by atoms with van der Waals surface area (Å²) in [5.41, 5.74) is 1.92. The number of nitrogens with one attached hydrogen (secondary N) is 1. The Labute approximate surface area is 171 Å². The first-order valence-electron chi connectivity index (χ1n) is 10.6. The molecule has 1 atom stereocenters. The minimum atomic E-state index is -3.63. The van der Waals surface area contributed by atoms with Crippen LogP contribution in [0.4, 0.5) is 0 Å². The summed E-state index contributed by atoms with van der Waals surface area (Å²) in [6.45, 7) is 4.03. The molecule has 1 aliphatic carbocycles. The van der Waals surface area contributed by atoms with Gasteiger partial charge in [0.05, 0.1) is 4.90 Å². The summed E-state index contributed by atoms with van der Waals surface area (Å²) in [6, 6.07) is 6.82. The molecular formula is C23H34N2O2S. The van der Waals surface area contributed by atoms with E-state index in [1.54, 1.807) is 24.3 Å². The van der Waals surface area contributed by atoms with Crippen molar-refractivity contribution in [1.29, 1.82) is 0 Å². The lowest BCUT2D eigenvalue weighted by molar-refractivity contribution is 0.573. The monoisotopic (exact) mass is 402 g/mol.